The van der Waals surface area contributed by atoms with Gasteiger partial charge < -0.3 is 5.73 Å². The molecule has 2 heterocycles. The molecule has 0 unspecified atom stereocenters. The zero-order chi connectivity index (χ0) is 11.5. The van der Waals surface area contributed by atoms with E-state index in [4.69, 9.17) is 5.73 Å². The molecule has 0 aliphatic carbocycles. The fourth-order valence-corrected chi connectivity index (χ4v) is 2.53. The summed E-state index contributed by atoms with van der Waals surface area (Å²) in [6.07, 6.45) is 6.12. The van der Waals surface area contributed by atoms with Crippen molar-refractivity contribution < 1.29 is 0 Å². The quantitative estimate of drug-likeness (QED) is 0.883. The number of hydrogen-bond donors (Lipinski definition) is 1. The molecule has 0 aliphatic rings. The highest BCUT2D eigenvalue weighted by Crippen LogP contribution is 2.22. The third-order valence-electron chi connectivity index (χ3n) is 2.48. The van der Waals surface area contributed by atoms with Crippen molar-refractivity contribution in [3.05, 3.63) is 28.5 Å². The average Bonchev–Trinajstić information content (AvgIpc) is 2.59. The van der Waals surface area contributed by atoms with Gasteiger partial charge in [0, 0.05) is 6.20 Å². The Morgan fingerprint density at radius 2 is 2.38 bits per heavy atom. The van der Waals surface area contributed by atoms with E-state index in [9.17, 15) is 0 Å². The van der Waals surface area contributed by atoms with Crippen LogP contribution in [0.3, 0.4) is 0 Å². The largest absolute Gasteiger partial charge is 0.383 e. The fraction of sp³-hybridized carbons (Fsp3) is 0.364. The molecule has 2 aromatic heterocycles. The second-order valence-corrected chi connectivity index (χ2v) is 5.43. The van der Waals surface area contributed by atoms with Crippen LogP contribution in [-0.2, 0) is 6.42 Å². The molecular weight excluding hydrogens is 286 g/mol. The van der Waals surface area contributed by atoms with Gasteiger partial charge in [-0.05, 0) is 52.9 Å². The van der Waals surface area contributed by atoms with E-state index in [1.807, 2.05) is 34.5 Å². The molecular formula is C11H14BrN3S. The SMILES string of the molecule is CSCCCc1nc2c(Br)cccn2c1N. The molecule has 16 heavy (non-hydrogen) atoms. The maximum atomic E-state index is 6.06. The van der Waals surface area contributed by atoms with Gasteiger partial charge in [-0.3, -0.25) is 4.40 Å². The summed E-state index contributed by atoms with van der Waals surface area (Å²) in [5, 5.41) is 0. The first kappa shape index (κ1) is 11.8. The Hall–Kier alpha value is -0.680. The van der Waals surface area contributed by atoms with Crippen LogP contribution in [0.4, 0.5) is 5.82 Å². The van der Waals surface area contributed by atoms with Crippen LogP contribution >= 0.6 is 27.7 Å². The predicted octanol–water partition coefficient (Wildman–Crippen LogP) is 2.97. The van der Waals surface area contributed by atoms with Crippen molar-refractivity contribution in [3.8, 4) is 0 Å². The summed E-state index contributed by atoms with van der Waals surface area (Å²) in [5.41, 5.74) is 7.97. The number of anilines is 1. The number of halogens is 1. The van der Waals surface area contributed by atoms with Crippen molar-refractivity contribution in [1.29, 1.82) is 0 Å². The number of aryl methyl sites for hydroxylation is 1. The minimum absolute atomic E-state index is 0.761. The summed E-state index contributed by atoms with van der Waals surface area (Å²) in [4.78, 5) is 4.57. The first-order chi connectivity index (χ1) is 7.74. The Bertz CT molecular complexity index is 495. The fourth-order valence-electron chi connectivity index (χ4n) is 1.67. The lowest BCUT2D eigenvalue weighted by atomic mass is 10.2. The van der Waals surface area contributed by atoms with Crippen molar-refractivity contribution in [2.24, 2.45) is 0 Å². The summed E-state index contributed by atoms with van der Waals surface area (Å²) in [5.74, 6) is 1.91. The zero-order valence-corrected chi connectivity index (χ0v) is 11.5. The van der Waals surface area contributed by atoms with Crippen LogP contribution in [0.2, 0.25) is 0 Å². The lowest BCUT2D eigenvalue weighted by molar-refractivity contribution is 0.908. The van der Waals surface area contributed by atoms with Crippen molar-refractivity contribution in [2.75, 3.05) is 17.7 Å². The van der Waals surface area contributed by atoms with Crippen LogP contribution in [0.5, 0.6) is 0 Å². The number of thioether (sulfide) groups is 1. The van der Waals surface area contributed by atoms with E-state index >= 15 is 0 Å². The minimum atomic E-state index is 0.761. The molecule has 5 heteroatoms. The van der Waals surface area contributed by atoms with E-state index in [1.54, 1.807) is 0 Å². The van der Waals surface area contributed by atoms with E-state index in [1.165, 1.54) is 0 Å². The number of hydrogen-bond acceptors (Lipinski definition) is 3. The molecule has 0 bridgehead atoms. The van der Waals surface area contributed by atoms with Gasteiger partial charge in [0.05, 0.1) is 10.2 Å². The third-order valence-corrected chi connectivity index (χ3v) is 3.79. The number of nitrogens with zero attached hydrogens (tertiary/aromatic N) is 2. The normalized spacial score (nSPS) is 11.1. The molecule has 0 aromatic carbocycles. The second kappa shape index (κ2) is 5.10. The van der Waals surface area contributed by atoms with Gasteiger partial charge >= 0.3 is 0 Å². The first-order valence-electron chi connectivity index (χ1n) is 5.14. The highest BCUT2D eigenvalue weighted by Gasteiger charge is 2.10. The molecule has 0 radical (unpaired) electrons. The topological polar surface area (TPSA) is 43.3 Å². The molecule has 0 spiro atoms. The minimum Gasteiger partial charge on any atom is -0.383 e. The second-order valence-electron chi connectivity index (χ2n) is 3.59. The van der Waals surface area contributed by atoms with Crippen molar-refractivity contribution in [2.45, 2.75) is 12.8 Å². The van der Waals surface area contributed by atoms with Gasteiger partial charge in [0.2, 0.25) is 0 Å². The van der Waals surface area contributed by atoms with Crippen LogP contribution in [0.25, 0.3) is 5.65 Å². The highest BCUT2D eigenvalue weighted by atomic mass is 79.9. The van der Waals surface area contributed by atoms with E-state index < -0.39 is 0 Å². The summed E-state index contributed by atoms with van der Waals surface area (Å²) < 4.78 is 2.91. The zero-order valence-electron chi connectivity index (χ0n) is 9.11. The Labute approximate surface area is 108 Å². The van der Waals surface area contributed by atoms with E-state index in [-0.39, 0.29) is 0 Å². The van der Waals surface area contributed by atoms with Gasteiger partial charge in [0.25, 0.3) is 0 Å². The number of nitrogens with two attached hydrogens (primary N) is 1. The van der Waals surface area contributed by atoms with Crippen LogP contribution in [0.15, 0.2) is 22.8 Å². The Kier molecular flexibility index (Phi) is 3.76. The number of rotatable bonds is 4. The molecule has 0 aliphatic heterocycles. The number of fused-ring (bicyclic) bond motifs is 1. The monoisotopic (exact) mass is 299 g/mol. The standard InChI is InChI=1S/C11H14BrN3S/c1-16-7-3-5-9-10(13)15-6-2-4-8(12)11(15)14-9/h2,4,6H,3,5,7,13H2,1H3. The van der Waals surface area contributed by atoms with Gasteiger partial charge in [-0.25, -0.2) is 4.98 Å². The average molecular weight is 300 g/mol. The van der Waals surface area contributed by atoms with Crippen molar-refractivity contribution in [1.82, 2.24) is 9.38 Å². The molecule has 0 saturated heterocycles. The van der Waals surface area contributed by atoms with Crippen molar-refractivity contribution >= 4 is 39.2 Å². The number of nitrogen functional groups attached to an aromatic ring is 1. The van der Waals surface area contributed by atoms with E-state index in [0.29, 0.717) is 0 Å². The molecule has 2 N–H and O–H groups in total. The summed E-state index contributed by atoms with van der Waals surface area (Å²) in [6, 6.07) is 3.94. The molecule has 2 rings (SSSR count). The molecule has 3 nitrogen and oxygen atoms in total. The van der Waals surface area contributed by atoms with Crippen LogP contribution in [-0.4, -0.2) is 21.4 Å². The van der Waals surface area contributed by atoms with E-state index in [0.717, 1.165) is 40.2 Å². The predicted molar refractivity (Wildman–Crippen MR) is 74.0 cm³/mol. The van der Waals surface area contributed by atoms with Gasteiger partial charge in [0.15, 0.2) is 5.65 Å². The van der Waals surface area contributed by atoms with Crippen LogP contribution in [0.1, 0.15) is 12.1 Å². The molecule has 86 valence electrons. The molecule has 2 aromatic rings. The van der Waals surface area contributed by atoms with E-state index in [2.05, 4.69) is 27.2 Å². The van der Waals surface area contributed by atoms with Gasteiger partial charge in [-0.1, -0.05) is 0 Å². The summed E-state index contributed by atoms with van der Waals surface area (Å²) >= 11 is 5.34. The van der Waals surface area contributed by atoms with Crippen LogP contribution < -0.4 is 5.73 Å². The van der Waals surface area contributed by atoms with Gasteiger partial charge in [0.1, 0.15) is 5.82 Å². The molecule has 0 saturated carbocycles. The molecule has 0 fully saturated rings. The lowest BCUT2D eigenvalue weighted by Gasteiger charge is -1.98. The Morgan fingerprint density at radius 1 is 1.56 bits per heavy atom. The Balaban J connectivity index is 2.33. The van der Waals surface area contributed by atoms with Crippen molar-refractivity contribution in [3.63, 3.8) is 0 Å². The summed E-state index contributed by atoms with van der Waals surface area (Å²) in [6.45, 7) is 0. The maximum Gasteiger partial charge on any atom is 0.153 e. The maximum absolute atomic E-state index is 6.06. The summed E-state index contributed by atoms with van der Waals surface area (Å²) in [7, 11) is 0. The molecule has 0 amide bonds. The molecule has 0 atom stereocenters. The number of aromatic nitrogens is 2. The van der Waals surface area contributed by atoms with Gasteiger partial charge in [-0.2, -0.15) is 11.8 Å². The number of pyridine rings is 1. The third kappa shape index (κ3) is 2.20. The van der Waals surface area contributed by atoms with Gasteiger partial charge in [-0.15, -0.1) is 0 Å². The Morgan fingerprint density at radius 3 is 3.06 bits per heavy atom. The lowest BCUT2D eigenvalue weighted by Crippen LogP contribution is -1.97. The number of imidazole rings is 1. The first-order valence-corrected chi connectivity index (χ1v) is 7.32. The smallest absolute Gasteiger partial charge is 0.153 e. The van der Waals surface area contributed by atoms with Crippen LogP contribution in [0, 0.1) is 0 Å². The highest BCUT2D eigenvalue weighted by molar-refractivity contribution is 9.10.